The zero-order chi connectivity index (χ0) is 8.27. The van der Waals surface area contributed by atoms with E-state index in [1.54, 1.807) is 23.7 Å². The molecule has 1 saturated heterocycles. The lowest BCUT2D eigenvalue weighted by Crippen LogP contribution is -2.26. The normalized spacial score (nSPS) is 26.9. The van der Waals surface area contributed by atoms with Crippen molar-refractivity contribution in [1.29, 1.82) is 0 Å². The number of ether oxygens (including phenoxy) is 1. The molecule has 0 aromatic carbocycles. The van der Waals surface area contributed by atoms with E-state index in [-0.39, 0.29) is 5.91 Å². The van der Waals surface area contributed by atoms with Crippen LogP contribution in [0.3, 0.4) is 0 Å². The molecule has 0 radical (unpaired) electrons. The highest BCUT2D eigenvalue weighted by Gasteiger charge is 2.20. The second-order valence-corrected chi connectivity index (χ2v) is 3.79. The smallest absolute Gasteiger partial charge is 0.225 e. The highest BCUT2D eigenvalue weighted by molar-refractivity contribution is 7.99. The van der Waals surface area contributed by atoms with Gasteiger partial charge in [0.2, 0.25) is 5.91 Å². The van der Waals surface area contributed by atoms with Gasteiger partial charge in [0.15, 0.2) is 0 Å². The molecule has 1 atom stereocenters. The highest BCUT2D eigenvalue weighted by atomic mass is 32.2. The number of carbonyl (C=O) groups is 1. The molecule has 0 N–H and O–H groups in total. The first-order chi connectivity index (χ1) is 5.24. The van der Waals surface area contributed by atoms with Gasteiger partial charge in [0.1, 0.15) is 6.73 Å². The monoisotopic (exact) mass is 175 g/mol. The van der Waals surface area contributed by atoms with E-state index in [0.29, 0.717) is 25.0 Å². The van der Waals surface area contributed by atoms with Crippen molar-refractivity contribution in [2.45, 2.75) is 11.7 Å². The van der Waals surface area contributed by atoms with E-state index < -0.39 is 0 Å². The fraction of sp³-hybridized carbons (Fsp3) is 0.857. The third kappa shape index (κ3) is 2.38. The lowest BCUT2D eigenvalue weighted by molar-refractivity contribution is -0.132. The van der Waals surface area contributed by atoms with Gasteiger partial charge in [0.05, 0.1) is 6.61 Å². The molecular weight excluding hydrogens is 162 g/mol. The maximum Gasteiger partial charge on any atom is 0.225 e. The molecule has 64 valence electrons. The molecule has 1 rings (SSSR count). The van der Waals surface area contributed by atoms with E-state index in [1.165, 1.54) is 0 Å². The van der Waals surface area contributed by atoms with Crippen LogP contribution in [0.25, 0.3) is 0 Å². The summed E-state index contributed by atoms with van der Waals surface area (Å²) in [4.78, 5) is 12.8. The van der Waals surface area contributed by atoms with Crippen LogP contribution in [0.5, 0.6) is 0 Å². The van der Waals surface area contributed by atoms with Crippen molar-refractivity contribution in [3.05, 3.63) is 0 Å². The molecule has 0 aromatic heterocycles. The molecule has 1 amide bonds. The predicted molar refractivity (Wildman–Crippen MR) is 45.5 cm³/mol. The Morgan fingerprint density at radius 2 is 2.45 bits per heavy atom. The van der Waals surface area contributed by atoms with Gasteiger partial charge in [-0.25, -0.2) is 0 Å². The predicted octanol–water partition coefficient (Wildman–Crippen LogP) is 0.554. The van der Waals surface area contributed by atoms with Gasteiger partial charge in [-0.2, -0.15) is 11.8 Å². The van der Waals surface area contributed by atoms with Crippen LogP contribution in [0.15, 0.2) is 0 Å². The minimum absolute atomic E-state index is 0.182. The van der Waals surface area contributed by atoms with Crippen molar-refractivity contribution in [2.24, 2.45) is 0 Å². The molecule has 4 heteroatoms. The van der Waals surface area contributed by atoms with E-state index >= 15 is 0 Å². The number of thioether (sulfide) groups is 1. The molecule has 1 unspecified atom stereocenters. The summed E-state index contributed by atoms with van der Waals surface area (Å²) in [7, 11) is 1.77. The van der Waals surface area contributed by atoms with Crippen molar-refractivity contribution < 1.29 is 9.53 Å². The molecular formula is C7H13NO2S. The van der Waals surface area contributed by atoms with Crippen LogP contribution in [0.4, 0.5) is 0 Å². The van der Waals surface area contributed by atoms with Crippen LogP contribution in [0.1, 0.15) is 6.42 Å². The van der Waals surface area contributed by atoms with Crippen LogP contribution < -0.4 is 0 Å². The zero-order valence-corrected chi connectivity index (χ0v) is 7.69. The second kappa shape index (κ2) is 3.97. The molecule has 0 saturated carbocycles. The lowest BCUT2D eigenvalue weighted by Gasteiger charge is -2.11. The Bertz CT molecular complexity index is 151. The SMILES string of the molecule is CSC1COCN(C)C(=O)C1. The van der Waals surface area contributed by atoms with Crippen molar-refractivity contribution in [2.75, 3.05) is 26.6 Å². The Morgan fingerprint density at radius 3 is 3.09 bits per heavy atom. The Labute approximate surface area is 71.1 Å². The first-order valence-electron chi connectivity index (χ1n) is 3.58. The van der Waals surface area contributed by atoms with E-state index in [4.69, 9.17) is 4.74 Å². The topological polar surface area (TPSA) is 29.5 Å². The molecule has 0 bridgehead atoms. The largest absolute Gasteiger partial charge is 0.360 e. The third-order valence-corrected chi connectivity index (χ3v) is 2.72. The van der Waals surface area contributed by atoms with Crippen LogP contribution in [0.2, 0.25) is 0 Å². The van der Waals surface area contributed by atoms with Crippen molar-refractivity contribution in [3.8, 4) is 0 Å². The number of nitrogens with zero attached hydrogens (tertiary/aromatic N) is 1. The first kappa shape index (κ1) is 8.87. The molecule has 1 aliphatic heterocycles. The fourth-order valence-electron chi connectivity index (χ4n) is 0.954. The number of hydrogen-bond acceptors (Lipinski definition) is 3. The molecule has 1 heterocycles. The Kier molecular flexibility index (Phi) is 3.20. The third-order valence-electron chi connectivity index (χ3n) is 1.75. The molecule has 1 fully saturated rings. The zero-order valence-electron chi connectivity index (χ0n) is 6.87. The summed E-state index contributed by atoms with van der Waals surface area (Å²) in [6.45, 7) is 1.13. The van der Waals surface area contributed by atoms with Crippen LogP contribution >= 0.6 is 11.8 Å². The summed E-state index contributed by atoms with van der Waals surface area (Å²) >= 11 is 1.69. The van der Waals surface area contributed by atoms with Crippen molar-refractivity contribution >= 4 is 17.7 Å². The van der Waals surface area contributed by atoms with Gasteiger partial charge in [-0.1, -0.05) is 0 Å². The van der Waals surface area contributed by atoms with E-state index in [0.717, 1.165) is 0 Å². The maximum absolute atomic E-state index is 11.2. The summed E-state index contributed by atoms with van der Waals surface area (Å²) in [6, 6.07) is 0. The number of carbonyl (C=O) groups excluding carboxylic acids is 1. The standard InChI is InChI=1S/C7H13NO2S/c1-8-5-10-4-6(11-2)3-7(8)9/h6H,3-5H2,1-2H3. The van der Waals surface area contributed by atoms with Crippen molar-refractivity contribution in [1.82, 2.24) is 4.90 Å². The van der Waals surface area contributed by atoms with Gasteiger partial charge in [-0.05, 0) is 6.26 Å². The number of amides is 1. The first-order valence-corrected chi connectivity index (χ1v) is 4.87. The summed E-state index contributed by atoms with van der Waals surface area (Å²) in [5.74, 6) is 0.182. The molecule has 0 aromatic rings. The lowest BCUT2D eigenvalue weighted by atomic mass is 10.3. The van der Waals surface area contributed by atoms with Gasteiger partial charge >= 0.3 is 0 Å². The fourth-order valence-corrected chi connectivity index (χ4v) is 1.50. The van der Waals surface area contributed by atoms with Crippen LogP contribution in [-0.2, 0) is 9.53 Å². The van der Waals surface area contributed by atoms with E-state index in [1.807, 2.05) is 6.26 Å². The molecule has 1 aliphatic rings. The molecule has 11 heavy (non-hydrogen) atoms. The van der Waals surface area contributed by atoms with Gasteiger partial charge in [0, 0.05) is 18.7 Å². The summed E-state index contributed by atoms with van der Waals surface area (Å²) in [6.07, 6.45) is 2.62. The average molecular weight is 175 g/mol. The average Bonchev–Trinajstić information content (AvgIpc) is 2.15. The maximum atomic E-state index is 11.2. The number of hydrogen-bond donors (Lipinski definition) is 0. The second-order valence-electron chi connectivity index (χ2n) is 2.65. The van der Waals surface area contributed by atoms with Gasteiger partial charge in [-0.15, -0.1) is 0 Å². The quantitative estimate of drug-likeness (QED) is 0.583. The van der Waals surface area contributed by atoms with Gasteiger partial charge in [0.25, 0.3) is 0 Å². The molecule has 0 spiro atoms. The Balaban J connectivity index is 2.48. The minimum atomic E-state index is 0.182. The van der Waals surface area contributed by atoms with Crippen LogP contribution in [-0.4, -0.2) is 42.7 Å². The Morgan fingerprint density at radius 1 is 1.73 bits per heavy atom. The highest BCUT2D eigenvalue weighted by Crippen LogP contribution is 2.15. The summed E-state index contributed by atoms with van der Waals surface area (Å²) in [5, 5.41) is 0.340. The van der Waals surface area contributed by atoms with E-state index in [2.05, 4.69) is 0 Å². The van der Waals surface area contributed by atoms with Crippen LogP contribution in [0, 0.1) is 0 Å². The minimum Gasteiger partial charge on any atom is -0.360 e. The molecule has 0 aliphatic carbocycles. The van der Waals surface area contributed by atoms with E-state index in [9.17, 15) is 4.79 Å². The Hall–Kier alpha value is -0.220. The van der Waals surface area contributed by atoms with Gasteiger partial charge in [-0.3, -0.25) is 4.79 Å². The molecule has 3 nitrogen and oxygen atoms in total. The van der Waals surface area contributed by atoms with Crippen molar-refractivity contribution in [3.63, 3.8) is 0 Å². The number of rotatable bonds is 1. The van der Waals surface area contributed by atoms with Gasteiger partial charge < -0.3 is 9.64 Å². The summed E-state index contributed by atoms with van der Waals surface area (Å²) in [5.41, 5.74) is 0. The summed E-state index contributed by atoms with van der Waals surface area (Å²) < 4.78 is 5.26.